The quantitative estimate of drug-likeness (QED) is 0.560. The third-order valence-electron chi connectivity index (χ3n) is 2.63. The summed E-state index contributed by atoms with van der Waals surface area (Å²) in [6.45, 7) is 0.166. The van der Waals surface area contributed by atoms with Gasteiger partial charge in [-0.15, -0.1) is 10.2 Å². The van der Waals surface area contributed by atoms with E-state index in [1.807, 2.05) is 0 Å². The van der Waals surface area contributed by atoms with Gasteiger partial charge in [-0.3, -0.25) is 0 Å². The van der Waals surface area contributed by atoms with Gasteiger partial charge in [-0.05, 0) is 28.6 Å². The number of tetrazole rings is 1. The summed E-state index contributed by atoms with van der Waals surface area (Å²) < 4.78 is 17.8. The summed E-state index contributed by atoms with van der Waals surface area (Å²) in [4.78, 5) is 5.39. The molecule has 2 aromatic heterocycles. The van der Waals surface area contributed by atoms with Gasteiger partial charge < -0.3 is 5.73 Å². The fraction of sp³-hybridized carbons (Fsp3) is 0.0909. The first-order chi connectivity index (χ1) is 10.6. The largest absolute Gasteiger partial charge is 0.382 e. The van der Waals surface area contributed by atoms with Crippen LogP contribution in [0.15, 0.2) is 34.1 Å². The molecule has 0 amide bonds. The number of halogens is 2. The molecule has 0 unspecified atom stereocenters. The maximum Gasteiger partial charge on any atom is 0.175 e. The number of nitrogens with two attached hydrogens (primary N) is 1. The lowest BCUT2D eigenvalue weighted by atomic mass is 10.3. The van der Waals surface area contributed by atoms with Gasteiger partial charge in [-0.1, -0.05) is 16.8 Å². The summed E-state index contributed by atoms with van der Waals surface area (Å²) in [5.74, 6) is -0.501. The maximum atomic E-state index is 13.1. The van der Waals surface area contributed by atoms with E-state index in [0.29, 0.717) is 11.4 Å². The lowest BCUT2D eigenvalue weighted by Crippen LogP contribution is -2.17. The first-order valence-corrected chi connectivity index (χ1v) is 6.33. The van der Waals surface area contributed by atoms with Gasteiger partial charge in [0.25, 0.3) is 0 Å². The first-order valence-electron chi connectivity index (χ1n) is 5.95. The normalized spacial score (nSPS) is 11.8. The van der Waals surface area contributed by atoms with Gasteiger partial charge in [0.15, 0.2) is 17.9 Å². The highest BCUT2D eigenvalue weighted by Crippen LogP contribution is 2.22. The van der Waals surface area contributed by atoms with Crippen molar-refractivity contribution in [3.8, 4) is 0 Å². The van der Waals surface area contributed by atoms with Gasteiger partial charge in [0.05, 0.1) is 10.7 Å². The second kappa shape index (κ2) is 5.85. The minimum atomic E-state index is -0.541. The molecule has 0 atom stereocenters. The molecule has 1 aromatic carbocycles. The summed E-state index contributed by atoms with van der Waals surface area (Å²) in [5.41, 5.74) is 6.86. The van der Waals surface area contributed by atoms with Crippen LogP contribution in [0.5, 0.6) is 0 Å². The van der Waals surface area contributed by atoms with Crippen LogP contribution in [0.3, 0.4) is 0 Å². The zero-order chi connectivity index (χ0) is 15.5. The van der Waals surface area contributed by atoms with E-state index in [2.05, 4.69) is 35.3 Å². The molecule has 2 N–H and O–H groups in total. The Hall–Kier alpha value is -2.88. The standard InChI is InChI=1S/C11H8ClFN8O/c12-7-3-6(1-2-8(7)13)17-11(14)10-9(18-22-19-10)4-21-16-5-15-20-21/h1-3,5H,4H2,(H2,14,17). The van der Waals surface area contributed by atoms with Gasteiger partial charge in [0, 0.05) is 0 Å². The molecule has 0 radical (unpaired) electrons. The number of benzene rings is 1. The van der Waals surface area contributed by atoms with Crippen LogP contribution in [0.4, 0.5) is 10.1 Å². The number of aromatic nitrogens is 6. The molecular formula is C11H8ClFN8O. The van der Waals surface area contributed by atoms with Crippen molar-refractivity contribution in [3.05, 3.63) is 46.8 Å². The second-order valence-corrected chi connectivity index (χ2v) is 4.53. The lowest BCUT2D eigenvalue weighted by molar-refractivity contribution is 0.301. The summed E-state index contributed by atoms with van der Waals surface area (Å²) in [5, 5.41) is 18.5. The van der Waals surface area contributed by atoms with Crippen molar-refractivity contribution in [2.45, 2.75) is 6.54 Å². The van der Waals surface area contributed by atoms with Crippen LogP contribution < -0.4 is 5.73 Å². The predicted octanol–water partition coefficient (Wildman–Crippen LogP) is 0.934. The average Bonchev–Trinajstić information content (AvgIpc) is 3.15. The monoisotopic (exact) mass is 322 g/mol. The Morgan fingerprint density at radius 2 is 2.27 bits per heavy atom. The molecule has 2 heterocycles. The van der Waals surface area contributed by atoms with Crippen molar-refractivity contribution in [1.29, 1.82) is 0 Å². The summed E-state index contributed by atoms with van der Waals surface area (Å²) in [7, 11) is 0. The van der Waals surface area contributed by atoms with Crippen LogP contribution >= 0.6 is 11.6 Å². The topological polar surface area (TPSA) is 121 Å². The van der Waals surface area contributed by atoms with Crippen molar-refractivity contribution < 1.29 is 9.02 Å². The number of amidine groups is 1. The van der Waals surface area contributed by atoms with Gasteiger partial charge >= 0.3 is 0 Å². The van der Waals surface area contributed by atoms with Crippen molar-refractivity contribution >= 4 is 23.1 Å². The lowest BCUT2D eigenvalue weighted by Gasteiger charge is -2.00. The summed E-state index contributed by atoms with van der Waals surface area (Å²) >= 11 is 5.69. The van der Waals surface area contributed by atoms with E-state index in [9.17, 15) is 4.39 Å². The van der Waals surface area contributed by atoms with Crippen molar-refractivity contribution in [3.63, 3.8) is 0 Å². The fourth-order valence-electron chi connectivity index (χ4n) is 1.65. The van der Waals surface area contributed by atoms with Gasteiger partial charge in [0.1, 0.15) is 18.1 Å². The third kappa shape index (κ3) is 2.91. The highest BCUT2D eigenvalue weighted by atomic mass is 35.5. The molecule has 0 fully saturated rings. The maximum absolute atomic E-state index is 13.1. The van der Waals surface area contributed by atoms with E-state index < -0.39 is 5.82 Å². The average molecular weight is 323 g/mol. The number of aliphatic imine (C=N–C) groups is 1. The minimum absolute atomic E-state index is 0.0408. The summed E-state index contributed by atoms with van der Waals surface area (Å²) in [6.07, 6.45) is 1.28. The van der Waals surface area contributed by atoms with Crippen LogP contribution in [-0.4, -0.2) is 36.4 Å². The minimum Gasteiger partial charge on any atom is -0.382 e. The Labute approximate surface area is 127 Å². The second-order valence-electron chi connectivity index (χ2n) is 4.12. The number of rotatable bonds is 4. The van der Waals surface area contributed by atoms with Crippen LogP contribution in [0.1, 0.15) is 11.4 Å². The number of hydrogen-bond donors (Lipinski definition) is 1. The molecule has 0 saturated heterocycles. The Morgan fingerprint density at radius 3 is 3.00 bits per heavy atom. The Morgan fingerprint density at radius 1 is 1.41 bits per heavy atom. The molecule has 3 rings (SSSR count). The SMILES string of the molecule is NC(=Nc1ccc(F)c(Cl)c1)c1nonc1Cn1ncnn1. The van der Waals surface area contributed by atoms with E-state index in [1.54, 1.807) is 0 Å². The number of hydrogen-bond acceptors (Lipinski definition) is 7. The Kier molecular flexibility index (Phi) is 3.74. The van der Waals surface area contributed by atoms with E-state index >= 15 is 0 Å². The zero-order valence-corrected chi connectivity index (χ0v) is 11.6. The van der Waals surface area contributed by atoms with Gasteiger partial charge in [0.2, 0.25) is 0 Å². The zero-order valence-electron chi connectivity index (χ0n) is 10.9. The van der Waals surface area contributed by atoms with Crippen molar-refractivity contribution in [2.24, 2.45) is 10.7 Å². The highest BCUT2D eigenvalue weighted by molar-refractivity contribution is 6.31. The molecule has 0 bridgehead atoms. The van der Waals surface area contributed by atoms with Crippen molar-refractivity contribution in [2.75, 3.05) is 0 Å². The van der Waals surface area contributed by atoms with Crippen LogP contribution in [-0.2, 0) is 6.54 Å². The van der Waals surface area contributed by atoms with Crippen LogP contribution in [0.2, 0.25) is 5.02 Å². The number of nitrogens with zero attached hydrogens (tertiary/aromatic N) is 7. The Bertz CT molecular complexity index is 815. The van der Waals surface area contributed by atoms with E-state index in [4.69, 9.17) is 17.3 Å². The smallest absolute Gasteiger partial charge is 0.175 e. The third-order valence-corrected chi connectivity index (χ3v) is 2.92. The van der Waals surface area contributed by atoms with E-state index in [1.165, 1.54) is 29.3 Å². The molecule has 3 aromatic rings. The molecule has 0 aliphatic heterocycles. The first kappa shape index (κ1) is 14.1. The molecule has 0 aliphatic carbocycles. The van der Waals surface area contributed by atoms with Crippen LogP contribution in [0, 0.1) is 5.82 Å². The van der Waals surface area contributed by atoms with Gasteiger partial charge in [-0.25, -0.2) is 14.0 Å². The molecule has 11 heteroatoms. The molecule has 9 nitrogen and oxygen atoms in total. The fourth-order valence-corrected chi connectivity index (χ4v) is 1.82. The molecular weight excluding hydrogens is 315 g/mol. The molecule has 22 heavy (non-hydrogen) atoms. The van der Waals surface area contributed by atoms with Crippen molar-refractivity contribution in [1.82, 2.24) is 30.5 Å². The van der Waals surface area contributed by atoms with E-state index in [-0.39, 0.29) is 23.1 Å². The summed E-state index contributed by atoms with van der Waals surface area (Å²) in [6, 6.07) is 3.96. The Balaban J connectivity index is 1.88. The molecule has 0 saturated carbocycles. The molecule has 0 spiro atoms. The molecule has 112 valence electrons. The van der Waals surface area contributed by atoms with E-state index in [0.717, 1.165) is 0 Å². The molecule has 0 aliphatic rings. The van der Waals surface area contributed by atoms with Gasteiger partial charge in [-0.2, -0.15) is 4.80 Å². The predicted molar refractivity (Wildman–Crippen MR) is 73.0 cm³/mol. The highest BCUT2D eigenvalue weighted by Gasteiger charge is 2.15. The van der Waals surface area contributed by atoms with Crippen LogP contribution in [0.25, 0.3) is 0 Å².